The van der Waals surface area contributed by atoms with Crippen LogP contribution in [0.2, 0.25) is 0 Å². The lowest BCUT2D eigenvalue weighted by Gasteiger charge is -1.99. The molecule has 0 aliphatic carbocycles. The fraction of sp³-hybridized carbons (Fsp3) is 0.231. The Balaban J connectivity index is 1.81. The molecular weight excluding hydrogens is 308 g/mol. The van der Waals surface area contributed by atoms with E-state index in [-0.39, 0.29) is 17.5 Å². The molecule has 3 rings (SSSR count). The van der Waals surface area contributed by atoms with E-state index >= 15 is 0 Å². The zero-order chi connectivity index (χ0) is 14.8. The first-order valence-electron chi connectivity index (χ1n) is 6.27. The summed E-state index contributed by atoms with van der Waals surface area (Å²) in [6.07, 6.45) is 1.27. The van der Waals surface area contributed by atoms with Crippen LogP contribution in [-0.2, 0) is 0 Å². The van der Waals surface area contributed by atoms with Crippen LogP contribution in [0.15, 0.2) is 28.3 Å². The van der Waals surface area contributed by atoms with E-state index in [1.54, 1.807) is 0 Å². The Morgan fingerprint density at radius 2 is 2.24 bits per heavy atom. The standard InChI is InChI=1S/C13H12N4O2S2/c1-7(2)12-16-17-13(21-12)15-11(18)9-10(19-6-14-9)8-4-3-5-20-8/h3-7H,1-2H3,(H,15,17,18). The van der Waals surface area contributed by atoms with Crippen LogP contribution >= 0.6 is 22.7 Å². The number of nitrogens with one attached hydrogen (secondary N) is 1. The van der Waals surface area contributed by atoms with E-state index in [2.05, 4.69) is 20.5 Å². The molecule has 1 amide bonds. The van der Waals surface area contributed by atoms with Crippen molar-refractivity contribution in [1.29, 1.82) is 0 Å². The number of hydrogen-bond donors (Lipinski definition) is 1. The van der Waals surface area contributed by atoms with E-state index in [1.807, 2.05) is 31.4 Å². The first kappa shape index (κ1) is 13.9. The highest BCUT2D eigenvalue weighted by Crippen LogP contribution is 2.28. The molecule has 0 bridgehead atoms. The quantitative estimate of drug-likeness (QED) is 0.794. The molecule has 3 aromatic rings. The maximum absolute atomic E-state index is 12.3. The van der Waals surface area contributed by atoms with Crippen molar-refractivity contribution in [3.8, 4) is 10.6 Å². The summed E-state index contributed by atoms with van der Waals surface area (Å²) in [7, 11) is 0. The Labute approximate surface area is 128 Å². The molecular formula is C13H12N4O2S2. The lowest BCUT2D eigenvalue weighted by atomic mass is 10.2. The highest BCUT2D eigenvalue weighted by Gasteiger charge is 2.20. The number of nitrogens with zero attached hydrogens (tertiary/aromatic N) is 3. The highest BCUT2D eigenvalue weighted by atomic mass is 32.1. The molecule has 0 fully saturated rings. The minimum absolute atomic E-state index is 0.249. The summed E-state index contributed by atoms with van der Waals surface area (Å²) < 4.78 is 5.32. The second-order valence-corrected chi connectivity index (χ2v) is 6.52. The van der Waals surface area contributed by atoms with Crippen LogP contribution < -0.4 is 5.32 Å². The second-order valence-electron chi connectivity index (χ2n) is 4.56. The Hall–Kier alpha value is -2.06. The molecule has 0 saturated carbocycles. The molecule has 0 spiro atoms. The first-order valence-corrected chi connectivity index (χ1v) is 7.97. The van der Waals surface area contributed by atoms with Crippen molar-refractivity contribution in [2.45, 2.75) is 19.8 Å². The molecule has 3 heterocycles. The number of anilines is 1. The fourth-order valence-electron chi connectivity index (χ4n) is 1.67. The van der Waals surface area contributed by atoms with Crippen molar-refractivity contribution in [3.05, 3.63) is 34.6 Å². The molecule has 21 heavy (non-hydrogen) atoms. The van der Waals surface area contributed by atoms with Gasteiger partial charge in [-0.2, -0.15) is 0 Å². The largest absolute Gasteiger partial charge is 0.442 e. The van der Waals surface area contributed by atoms with Gasteiger partial charge in [-0.05, 0) is 11.4 Å². The van der Waals surface area contributed by atoms with Gasteiger partial charge in [-0.3, -0.25) is 10.1 Å². The van der Waals surface area contributed by atoms with Crippen molar-refractivity contribution < 1.29 is 9.21 Å². The average Bonchev–Trinajstić information content (AvgIpc) is 3.19. The molecule has 0 aliphatic heterocycles. The van der Waals surface area contributed by atoms with Gasteiger partial charge < -0.3 is 4.42 Å². The van der Waals surface area contributed by atoms with Gasteiger partial charge in [0.15, 0.2) is 17.8 Å². The van der Waals surface area contributed by atoms with E-state index in [9.17, 15) is 4.79 Å². The zero-order valence-corrected chi connectivity index (χ0v) is 13.0. The summed E-state index contributed by atoms with van der Waals surface area (Å²) in [5, 5.41) is 14.0. The first-order chi connectivity index (χ1) is 10.1. The summed E-state index contributed by atoms with van der Waals surface area (Å²) in [6, 6.07) is 3.77. The van der Waals surface area contributed by atoms with Crippen molar-refractivity contribution in [1.82, 2.24) is 15.2 Å². The van der Waals surface area contributed by atoms with Gasteiger partial charge in [-0.1, -0.05) is 31.3 Å². The van der Waals surface area contributed by atoms with Gasteiger partial charge in [0.25, 0.3) is 5.91 Å². The van der Waals surface area contributed by atoms with Crippen LogP contribution in [0.1, 0.15) is 35.3 Å². The monoisotopic (exact) mass is 320 g/mol. The molecule has 0 radical (unpaired) electrons. The Morgan fingerprint density at radius 1 is 1.38 bits per heavy atom. The number of aromatic nitrogens is 3. The topological polar surface area (TPSA) is 80.9 Å². The van der Waals surface area contributed by atoms with Crippen LogP contribution in [0.5, 0.6) is 0 Å². The van der Waals surface area contributed by atoms with E-state index < -0.39 is 0 Å². The smallest absolute Gasteiger partial charge is 0.280 e. The van der Waals surface area contributed by atoms with E-state index in [4.69, 9.17) is 4.42 Å². The summed E-state index contributed by atoms with van der Waals surface area (Å²) >= 11 is 2.85. The van der Waals surface area contributed by atoms with E-state index in [0.717, 1.165) is 9.88 Å². The van der Waals surface area contributed by atoms with Crippen molar-refractivity contribution in [2.24, 2.45) is 0 Å². The summed E-state index contributed by atoms with van der Waals surface area (Å²) in [6.45, 7) is 4.05. The predicted octanol–water partition coefficient (Wildman–Crippen LogP) is 3.63. The van der Waals surface area contributed by atoms with Crippen molar-refractivity contribution >= 4 is 33.7 Å². The van der Waals surface area contributed by atoms with Gasteiger partial charge in [0.1, 0.15) is 5.01 Å². The summed E-state index contributed by atoms with van der Waals surface area (Å²) in [5.41, 5.74) is 0.249. The molecule has 1 N–H and O–H groups in total. The van der Waals surface area contributed by atoms with Gasteiger partial charge in [0.2, 0.25) is 5.13 Å². The van der Waals surface area contributed by atoms with Crippen LogP contribution in [0.4, 0.5) is 5.13 Å². The maximum atomic E-state index is 12.3. The molecule has 6 nitrogen and oxygen atoms in total. The second kappa shape index (κ2) is 5.74. The van der Waals surface area contributed by atoms with Gasteiger partial charge in [-0.25, -0.2) is 4.98 Å². The molecule has 8 heteroatoms. The summed E-state index contributed by atoms with van der Waals surface area (Å²) in [5.74, 6) is 0.400. The lowest BCUT2D eigenvalue weighted by molar-refractivity contribution is 0.102. The number of hydrogen-bond acceptors (Lipinski definition) is 7. The third kappa shape index (κ3) is 2.86. The maximum Gasteiger partial charge on any atom is 0.280 e. The molecule has 0 unspecified atom stereocenters. The predicted molar refractivity (Wildman–Crippen MR) is 81.8 cm³/mol. The minimum Gasteiger partial charge on any atom is -0.442 e. The van der Waals surface area contributed by atoms with Crippen molar-refractivity contribution in [3.63, 3.8) is 0 Å². The van der Waals surface area contributed by atoms with Crippen LogP contribution in [0, 0.1) is 0 Å². The van der Waals surface area contributed by atoms with Gasteiger partial charge >= 0.3 is 0 Å². The lowest BCUT2D eigenvalue weighted by Crippen LogP contribution is -2.13. The number of carbonyl (C=O) groups is 1. The van der Waals surface area contributed by atoms with Gasteiger partial charge in [0, 0.05) is 5.92 Å². The molecule has 108 valence electrons. The third-order valence-corrected chi connectivity index (χ3v) is 4.69. The number of carbonyl (C=O) groups excluding carboxylic acids is 1. The Kier molecular flexibility index (Phi) is 3.80. The number of amides is 1. The van der Waals surface area contributed by atoms with Crippen LogP contribution in [0.25, 0.3) is 10.6 Å². The van der Waals surface area contributed by atoms with Crippen molar-refractivity contribution in [2.75, 3.05) is 5.32 Å². The zero-order valence-electron chi connectivity index (χ0n) is 11.4. The number of thiophene rings is 1. The highest BCUT2D eigenvalue weighted by molar-refractivity contribution is 7.15. The summed E-state index contributed by atoms with van der Waals surface area (Å²) in [4.78, 5) is 17.1. The normalized spacial score (nSPS) is 11.0. The van der Waals surface area contributed by atoms with E-state index in [1.165, 1.54) is 29.1 Å². The molecule has 0 aromatic carbocycles. The Bertz CT molecular complexity index is 746. The molecule has 3 aromatic heterocycles. The average molecular weight is 320 g/mol. The molecule has 0 aliphatic rings. The fourth-order valence-corrected chi connectivity index (χ4v) is 3.12. The minimum atomic E-state index is -0.349. The third-order valence-electron chi connectivity index (χ3n) is 2.68. The SMILES string of the molecule is CC(C)c1nnc(NC(=O)c2ncoc2-c2cccs2)s1. The Morgan fingerprint density at radius 3 is 2.90 bits per heavy atom. The molecule has 0 atom stereocenters. The van der Waals surface area contributed by atoms with Gasteiger partial charge in [-0.15, -0.1) is 21.5 Å². The van der Waals surface area contributed by atoms with Crippen LogP contribution in [-0.4, -0.2) is 21.1 Å². The van der Waals surface area contributed by atoms with E-state index in [0.29, 0.717) is 10.9 Å². The molecule has 0 saturated heterocycles. The van der Waals surface area contributed by atoms with Crippen LogP contribution in [0.3, 0.4) is 0 Å². The number of oxazole rings is 1. The van der Waals surface area contributed by atoms with Gasteiger partial charge in [0.05, 0.1) is 4.88 Å². The number of rotatable bonds is 4.